The standard InChI is InChI=1S/C21H35NO5S/c1-7-10-11-18(8-2)21(23)22(16(4)5)15-17-12-13-19(26-6)20(14-17)27-28(24,25)9-3/h12-14,16,18H,7-11,15H2,1-6H3/t18-/m0/s1. The van der Waals surface area contributed by atoms with Gasteiger partial charge in [-0.15, -0.1) is 0 Å². The fourth-order valence-electron chi connectivity index (χ4n) is 2.98. The fraction of sp³-hybridized carbons (Fsp3) is 0.667. The van der Waals surface area contributed by atoms with Gasteiger partial charge in [0.2, 0.25) is 5.91 Å². The molecule has 6 nitrogen and oxygen atoms in total. The minimum atomic E-state index is -3.67. The second-order valence-electron chi connectivity index (χ2n) is 7.22. The van der Waals surface area contributed by atoms with Gasteiger partial charge in [0.25, 0.3) is 0 Å². The number of rotatable bonds is 12. The van der Waals surface area contributed by atoms with Crippen molar-refractivity contribution in [1.29, 1.82) is 0 Å². The summed E-state index contributed by atoms with van der Waals surface area (Å²) >= 11 is 0. The Labute approximate surface area is 170 Å². The quantitative estimate of drug-likeness (QED) is 0.476. The summed E-state index contributed by atoms with van der Waals surface area (Å²) in [6.45, 7) is 10.1. The molecule has 160 valence electrons. The van der Waals surface area contributed by atoms with Crippen molar-refractivity contribution in [3.63, 3.8) is 0 Å². The highest BCUT2D eigenvalue weighted by Gasteiger charge is 2.25. The summed E-state index contributed by atoms with van der Waals surface area (Å²) in [4.78, 5) is 14.9. The molecule has 7 heteroatoms. The van der Waals surface area contributed by atoms with Crippen LogP contribution in [0.25, 0.3) is 0 Å². The van der Waals surface area contributed by atoms with E-state index in [0.29, 0.717) is 12.3 Å². The highest BCUT2D eigenvalue weighted by Crippen LogP contribution is 2.30. The monoisotopic (exact) mass is 413 g/mol. The van der Waals surface area contributed by atoms with Gasteiger partial charge in [0.15, 0.2) is 11.5 Å². The lowest BCUT2D eigenvalue weighted by Gasteiger charge is -2.31. The first kappa shape index (κ1) is 24.3. The van der Waals surface area contributed by atoms with E-state index in [4.69, 9.17) is 8.92 Å². The molecule has 28 heavy (non-hydrogen) atoms. The van der Waals surface area contributed by atoms with Gasteiger partial charge in [-0.2, -0.15) is 8.42 Å². The number of benzene rings is 1. The van der Waals surface area contributed by atoms with Crippen molar-refractivity contribution in [2.75, 3.05) is 12.9 Å². The van der Waals surface area contributed by atoms with Gasteiger partial charge in [-0.3, -0.25) is 4.79 Å². The maximum absolute atomic E-state index is 13.1. The van der Waals surface area contributed by atoms with Crippen LogP contribution in [0.2, 0.25) is 0 Å². The van der Waals surface area contributed by atoms with Crippen LogP contribution in [-0.4, -0.2) is 38.1 Å². The highest BCUT2D eigenvalue weighted by atomic mass is 32.2. The van der Waals surface area contributed by atoms with Gasteiger partial charge in [-0.25, -0.2) is 0 Å². The van der Waals surface area contributed by atoms with Crippen LogP contribution in [0.5, 0.6) is 11.5 Å². The average Bonchev–Trinajstić information content (AvgIpc) is 2.66. The van der Waals surface area contributed by atoms with Crippen molar-refractivity contribution in [3.8, 4) is 11.5 Å². The van der Waals surface area contributed by atoms with E-state index in [1.165, 1.54) is 14.0 Å². The molecule has 0 fully saturated rings. The summed E-state index contributed by atoms with van der Waals surface area (Å²) in [5.74, 6) is 0.517. The molecule has 0 aliphatic carbocycles. The van der Waals surface area contributed by atoms with Gasteiger partial charge in [0, 0.05) is 18.5 Å². The first-order chi connectivity index (χ1) is 13.2. The fourth-order valence-corrected chi connectivity index (χ4v) is 3.50. The second kappa shape index (κ2) is 11.3. The summed E-state index contributed by atoms with van der Waals surface area (Å²) in [7, 11) is -2.21. The molecule has 0 aromatic heterocycles. The number of unbranched alkanes of at least 4 members (excludes halogenated alkanes) is 1. The predicted molar refractivity (Wildman–Crippen MR) is 112 cm³/mol. The Kier molecular flexibility index (Phi) is 9.79. The topological polar surface area (TPSA) is 72.9 Å². The lowest BCUT2D eigenvalue weighted by atomic mass is 9.97. The van der Waals surface area contributed by atoms with Gasteiger partial charge < -0.3 is 13.8 Å². The third kappa shape index (κ3) is 7.00. The molecule has 0 saturated carbocycles. The summed E-state index contributed by atoms with van der Waals surface area (Å²) in [6.07, 6.45) is 3.80. The minimum absolute atomic E-state index is 0.0109. The van der Waals surface area contributed by atoms with Gasteiger partial charge in [-0.05, 0) is 51.3 Å². The Balaban J connectivity index is 3.11. The molecule has 1 rings (SSSR count). The van der Waals surface area contributed by atoms with Crippen LogP contribution < -0.4 is 8.92 Å². The molecule has 0 spiro atoms. The van der Waals surface area contributed by atoms with Crippen molar-refractivity contribution in [2.24, 2.45) is 5.92 Å². The van der Waals surface area contributed by atoms with Gasteiger partial charge in [0.05, 0.1) is 12.9 Å². The molecule has 0 unspecified atom stereocenters. The van der Waals surface area contributed by atoms with E-state index in [1.807, 2.05) is 31.7 Å². The van der Waals surface area contributed by atoms with Crippen molar-refractivity contribution in [1.82, 2.24) is 4.90 Å². The van der Waals surface area contributed by atoms with Crippen molar-refractivity contribution in [2.45, 2.75) is 72.9 Å². The van der Waals surface area contributed by atoms with Crippen LogP contribution in [0.3, 0.4) is 0 Å². The average molecular weight is 414 g/mol. The number of hydrogen-bond acceptors (Lipinski definition) is 5. The first-order valence-corrected chi connectivity index (χ1v) is 11.7. The van der Waals surface area contributed by atoms with E-state index in [2.05, 4.69) is 6.92 Å². The summed E-state index contributed by atoms with van der Waals surface area (Å²) in [6, 6.07) is 5.18. The van der Waals surface area contributed by atoms with E-state index in [0.717, 1.165) is 31.2 Å². The summed E-state index contributed by atoms with van der Waals surface area (Å²) in [5, 5.41) is 0. The zero-order chi connectivity index (χ0) is 21.3. The normalized spacial score (nSPS) is 12.7. The number of hydrogen-bond donors (Lipinski definition) is 0. The third-order valence-corrected chi connectivity index (χ3v) is 5.95. The lowest BCUT2D eigenvalue weighted by Crippen LogP contribution is -2.40. The Bertz CT molecular complexity index is 730. The molecule has 1 aromatic carbocycles. The van der Waals surface area contributed by atoms with Crippen molar-refractivity contribution in [3.05, 3.63) is 23.8 Å². The largest absolute Gasteiger partial charge is 0.493 e. The molecule has 0 radical (unpaired) electrons. The Morgan fingerprint density at radius 2 is 1.82 bits per heavy atom. The summed E-state index contributed by atoms with van der Waals surface area (Å²) < 4.78 is 34.1. The molecular weight excluding hydrogens is 378 g/mol. The number of amides is 1. The van der Waals surface area contributed by atoms with Crippen molar-refractivity contribution >= 4 is 16.0 Å². The van der Waals surface area contributed by atoms with Crippen molar-refractivity contribution < 1.29 is 22.1 Å². The van der Waals surface area contributed by atoms with E-state index in [9.17, 15) is 13.2 Å². The molecule has 1 aromatic rings. The molecule has 0 aliphatic rings. The number of ether oxygens (including phenoxy) is 1. The Hall–Kier alpha value is -1.76. The third-order valence-electron chi connectivity index (χ3n) is 4.81. The lowest BCUT2D eigenvalue weighted by molar-refractivity contribution is -0.138. The number of carbonyl (C=O) groups is 1. The molecule has 1 atom stereocenters. The van der Waals surface area contributed by atoms with Gasteiger partial charge >= 0.3 is 10.1 Å². The van der Waals surface area contributed by atoms with Crippen LogP contribution in [0.4, 0.5) is 0 Å². The van der Waals surface area contributed by atoms with Gasteiger partial charge in [0.1, 0.15) is 0 Å². The Morgan fingerprint density at radius 1 is 1.14 bits per heavy atom. The maximum Gasteiger partial charge on any atom is 0.309 e. The predicted octanol–water partition coefficient (Wildman–Crippen LogP) is 4.38. The molecule has 0 heterocycles. The van der Waals surface area contributed by atoms with Gasteiger partial charge in [-0.1, -0.05) is 32.8 Å². The first-order valence-electron chi connectivity index (χ1n) is 10.1. The smallest absolute Gasteiger partial charge is 0.309 e. The van der Waals surface area contributed by atoms with E-state index >= 15 is 0 Å². The number of carbonyl (C=O) groups excluding carboxylic acids is 1. The van der Waals surface area contributed by atoms with Crippen LogP contribution in [0.15, 0.2) is 18.2 Å². The minimum Gasteiger partial charge on any atom is -0.493 e. The zero-order valence-electron chi connectivity index (χ0n) is 18.0. The van der Waals surface area contributed by atoms with Crippen LogP contribution in [-0.2, 0) is 21.5 Å². The molecule has 0 N–H and O–H groups in total. The van der Waals surface area contributed by atoms with E-state index in [1.54, 1.807) is 12.1 Å². The SMILES string of the molecule is CCCC[C@H](CC)C(=O)N(Cc1ccc(OC)c(OS(=O)(=O)CC)c1)C(C)C. The van der Waals surface area contributed by atoms with Crippen LogP contribution in [0.1, 0.15) is 65.9 Å². The molecule has 0 bridgehead atoms. The molecule has 0 aliphatic heterocycles. The van der Waals surface area contributed by atoms with E-state index < -0.39 is 10.1 Å². The zero-order valence-corrected chi connectivity index (χ0v) is 18.8. The highest BCUT2D eigenvalue weighted by molar-refractivity contribution is 7.87. The second-order valence-corrected chi connectivity index (χ2v) is 9.08. The molecule has 0 saturated heterocycles. The van der Waals surface area contributed by atoms with Crippen LogP contribution >= 0.6 is 0 Å². The maximum atomic E-state index is 13.1. The molecule has 1 amide bonds. The summed E-state index contributed by atoms with van der Waals surface area (Å²) in [5.41, 5.74) is 0.800. The number of methoxy groups -OCH3 is 1. The number of nitrogens with zero attached hydrogens (tertiary/aromatic N) is 1. The Morgan fingerprint density at radius 3 is 2.32 bits per heavy atom. The van der Waals surface area contributed by atoms with Crippen LogP contribution in [0, 0.1) is 5.92 Å². The molecular formula is C21H35NO5S. The van der Waals surface area contributed by atoms with E-state index in [-0.39, 0.29) is 29.4 Å².